The highest BCUT2D eigenvalue weighted by atomic mass is 32.2. The van der Waals surface area contributed by atoms with Gasteiger partial charge in [-0.2, -0.15) is 0 Å². The summed E-state index contributed by atoms with van der Waals surface area (Å²) in [5, 5.41) is 6.90. The number of para-hydroxylation sites is 2. The number of hydrogen-bond acceptors (Lipinski definition) is 5. The van der Waals surface area contributed by atoms with Crippen molar-refractivity contribution < 1.29 is 9.32 Å². The first-order chi connectivity index (χ1) is 15.7. The molecule has 0 aliphatic rings. The fourth-order valence-corrected chi connectivity index (χ4v) is 4.34. The number of carbonyl (C=O) groups is 1. The van der Waals surface area contributed by atoms with Crippen molar-refractivity contribution in [2.45, 2.75) is 17.6 Å². The van der Waals surface area contributed by atoms with E-state index in [1.54, 1.807) is 11.8 Å². The van der Waals surface area contributed by atoms with Crippen LogP contribution in [0.1, 0.15) is 21.8 Å². The number of aromatic amines is 1. The van der Waals surface area contributed by atoms with Gasteiger partial charge < -0.3 is 14.8 Å². The molecule has 5 aromatic rings. The van der Waals surface area contributed by atoms with Crippen molar-refractivity contribution in [2.24, 2.45) is 0 Å². The molecule has 0 atom stereocenters. The highest BCUT2D eigenvalue weighted by molar-refractivity contribution is 7.98. The van der Waals surface area contributed by atoms with E-state index in [1.807, 2.05) is 85.8 Å². The molecule has 3 aromatic carbocycles. The summed E-state index contributed by atoms with van der Waals surface area (Å²) in [6, 6.07) is 25.0. The number of carbonyl (C=O) groups excluding carboxylic acids is 1. The number of amides is 1. The summed E-state index contributed by atoms with van der Waals surface area (Å²) < 4.78 is 5.27. The largest absolute Gasteiger partial charge is 0.360 e. The number of hydrogen-bond donors (Lipinski definition) is 2. The van der Waals surface area contributed by atoms with Gasteiger partial charge in [0.05, 0.1) is 28.0 Å². The molecular weight excluding hydrogens is 420 g/mol. The maximum Gasteiger partial charge on any atom is 0.256 e. The molecule has 2 N–H and O–H groups in total. The monoisotopic (exact) mass is 440 g/mol. The number of imidazole rings is 1. The Morgan fingerprint density at radius 1 is 1.03 bits per heavy atom. The maximum atomic E-state index is 12.9. The Bertz CT molecular complexity index is 1360. The van der Waals surface area contributed by atoms with Gasteiger partial charge in [0.1, 0.15) is 11.6 Å². The zero-order valence-electron chi connectivity index (χ0n) is 17.3. The Hall–Kier alpha value is -3.84. The number of thioether (sulfide) groups is 1. The number of anilines is 1. The minimum atomic E-state index is -0.154. The Morgan fingerprint density at radius 2 is 1.81 bits per heavy atom. The third kappa shape index (κ3) is 4.29. The van der Waals surface area contributed by atoms with Gasteiger partial charge in [0.2, 0.25) is 0 Å². The number of rotatable bonds is 6. The summed E-state index contributed by atoms with van der Waals surface area (Å²) >= 11 is 1.55. The minimum absolute atomic E-state index is 0.154. The van der Waals surface area contributed by atoms with Crippen molar-refractivity contribution in [1.82, 2.24) is 15.1 Å². The van der Waals surface area contributed by atoms with E-state index in [2.05, 4.69) is 20.4 Å². The van der Waals surface area contributed by atoms with Gasteiger partial charge in [-0.15, -0.1) is 11.8 Å². The van der Waals surface area contributed by atoms with Crippen LogP contribution < -0.4 is 5.32 Å². The van der Waals surface area contributed by atoms with Crippen LogP contribution in [-0.4, -0.2) is 21.0 Å². The standard InChI is InChI=1S/C25H20N4O2S/c1-16-14-19(31-29-16)15-32-23-9-5-2-6-20(23)25(30)26-18-12-10-17(11-13-18)24-27-21-7-3-4-8-22(21)28-24/h2-14H,15H2,1H3,(H,26,30)(H,27,28). The van der Waals surface area contributed by atoms with E-state index in [0.29, 0.717) is 11.3 Å². The van der Waals surface area contributed by atoms with Crippen molar-refractivity contribution in [1.29, 1.82) is 0 Å². The van der Waals surface area contributed by atoms with Gasteiger partial charge >= 0.3 is 0 Å². The topological polar surface area (TPSA) is 83.8 Å². The summed E-state index contributed by atoms with van der Waals surface area (Å²) in [5.41, 5.74) is 5.06. The molecule has 6 nitrogen and oxygen atoms in total. The van der Waals surface area contributed by atoms with Crippen molar-refractivity contribution >= 4 is 34.4 Å². The molecule has 0 unspecified atom stereocenters. The molecule has 158 valence electrons. The first-order valence-corrected chi connectivity index (χ1v) is 11.1. The molecule has 2 heterocycles. The normalized spacial score (nSPS) is 11.0. The lowest BCUT2D eigenvalue weighted by molar-refractivity contribution is 0.102. The number of nitrogens with zero attached hydrogens (tertiary/aromatic N) is 2. The van der Waals surface area contributed by atoms with Gasteiger partial charge in [-0.3, -0.25) is 4.79 Å². The van der Waals surface area contributed by atoms with E-state index >= 15 is 0 Å². The zero-order valence-corrected chi connectivity index (χ0v) is 18.1. The molecule has 0 bridgehead atoms. The van der Waals surface area contributed by atoms with Gasteiger partial charge in [-0.05, 0) is 55.5 Å². The van der Waals surface area contributed by atoms with E-state index in [9.17, 15) is 4.79 Å². The molecule has 0 saturated carbocycles. The molecule has 0 aliphatic heterocycles. The summed E-state index contributed by atoms with van der Waals surface area (Å²) in [7, 11) is 0. The first-order valence-electron chi connectivity index (χ1n) is 10.2. The van der Waals surface area contributed by atoms with Gasteiger partial charge in [0, 0.05) is 22.2 Å². The molecule has 5 rings (SSSR count). The SMILES string of the molecule is Cc1cc(CSc2ccccc2C(=O)Nc2ccc(-c3nc4ccccc4[nH]3)cc2)on1. The van der Waals surface area contributed by atoms with Crippen molar-refractivity contribution in [3.05, 3.63) is 95.9 Å². The number of fused-ring (bicyclic) bond motifs is 1. The second kappa shape index (κ2) is 8.72. The lowest BCUT2D eigenvalue weighted by Gasteiger charge is -2.10. The van der Waals surface area contributed by atoms with Crippen LogP contribution in [0.4, 0.5) is 5.69 Å². The number of nitrogens with one attached hydrogen (secondary N) is 2. The van der Waals surface area contributed by atoms with Crippen LogP contribution in [0.25, 0.3) is 22.4 Å². The molecule has 2 aromatic heterocycles. The predicted molar refractivity (Wildman–Crippen MR) is 127 cm³/mol. The van der Waals surface area contributed by atoms with Crippen LogP contribution in [0.3, 0.4) is 0 Å². The van der Waals surface area contributed by atoms with Crippen molar-refractivity contribution in [2.75, 3.05) is 5.32 Å². The summed E-state index contributed by atoms with van der Waals surface area (Å²) in [6.45, 7) is 1.89. The van der Waals surface area contributed by atoms with Crippen LogP contribution in [0.5, 0.6) is 0 Å². The predicted octanol–water partition coefficient (Wildman–Crippen LogP) is 6.07. The van der Waals surface area contributed by atoms with E-state index in [1.165, 1.54) is 0 Å². The second-order valence-corrected chi connectivity index (χ2v) is 8.37. The Labute approximate surface area is 189 Å². The Balaban J connectivity index is 1.29. The summed E-state index contributed by atoms with van der Waals surface area (Å²) in [5.74, 6) is 2.04. The summed E-state index contributed by atoms with van der Waals surface area (Å²) in [4.78, 5) is 21.8. The van der Waals surface area contributed by atoms with Gasteiger partial charge in [0.15, 0.2) is 0 Å². The molecule has 1 amide bonds. The fourth-order valence-electron chi connectivity index (χ4n) is 3.41. The molecule has 0 saturated heterocycles. The number of H-pyrrole nitrogens is 1. The number of benzene rings is 3. The average Bonchev–Trinajstić information content (AvgIpc) is 3.44. The van der Waals surface area contributed by atoms with E-state index in [4.69, 9.17) is 4.52 Å². The fraction of sp³-hybridized carbons (Fsp3) is 0.0800. The lowest BCUT2D eigenvalue weighted by atomic mass is 10.1. The minimum Gasteiger partial charge on any atom is -0.360 e. The molecule has 7 heteroatoms. The summed E-state index contributed by atoms with van der Waals surface area (Å²) in [6.07, 6.45) is 0. The molecular formula is C25H20N4O2S. The van der Waals surface area contributed by atoms with E-state index < -0.39 is 0 Å². The Morgan fingerprint density at radius 3 is 2.59 bits per heavy atom. The lowest BCUT2D eigenvalue weighted by Crippen LogP contribution is -2.12. The smallest absolute Gasteiger partial charge is 0.256 e. The van der Waals surface area contributed by atoms with Gasteiger partial charge in [-0.25, -0.2) is 4.98 Å². The highest BCUT2D eigenvalue weighted by Gasteiger charge is 2.13. The van der Waals surface area contributed by atoms with E-state index in [-0.39, 0.29) is 5.91 Å². The third-order valence-electron chi connectivity index (χ3n) is 4.98. The quantitative estimate of drug-likeness (QED) is 0.313. The molecule has 32 heavy (non-hydrogen) atoms. The van der Waals surface area contributed by atoms with Gasteiger partial charge in [-0.1, -0.05) is 29.4 Å². The van der Waals surface area contributed by atoms with Crippen LogP contribution in [0.15, 0.2) is 88.3 Å². The Kier molecular flexibility index (Phi) is 5.47. The zero-order chi connectivity index (χ0) is 21.9. The van der Waals surface area contributed by atoms with Gasteiger partial charge in [0.25, 0.3) is 5.91 Å². The molecule has 0 aliphatic carbocycles. The van der Waals surface area contributed by atoms with Crippen LogP contribution in [-0.2, 0) is 5.75 Å². The number of aromatic nitrogens is 3. The first kappa shape index (κ1) is 20.1. The molecule has 0 fully saturated rings. The van der Waals surface area contributed by atoms with Crippen LogP contribution in [0, 0.1) is 6.92 Å². The van der Waals surface area contributed by atoms with Crippen LogP contribution >= 0.6 is 11.8 Å². The average molecular weight is 441 g/mol. The van der Waals surface area contributed by atoms with Crippen LogP contribution in [0.2, 0.25) is 0 Å². The molecule has 0 radical (unpaired) electrons. The second-order valence-electron chi connectivity index (χ2n) is 7.35. The third-order valence-corrected chi connectivity index (χ3v) is 6.08. The van der Waals surface area contributed by atoms with E-state index in [0.717, 1.165) is 44.5 Å². The maximum absolute atomic E-state index is 12.9. The van der Waals surface area contributed by atoms with Crippen molar-refractivity contribution in [3.8, 4) is 11.4 Å². The molecule has 0 spiro atoms. The van der Waals surface area contributed by atoms with Crippen molar-refractivity contribution in [3.63, 3.8) is 0 Å². The highest BCUT2D eigenvalue weighted by Crippen LogP contribution is 2.28. The number of aryl methyl sites for hydroxylation is 1.